The van der Waals surface area contributed by atoms with E-state index in [1.165, 1.54) is 12.1 Å². The van der Waals surface area contributed by atoms with Gasteiger partial charge >= 0.3 is 6.18 Å². The lowest BCUT2D eigenvalue weighted by Gasteiger charge is -2.23. The zero-order valence-electron chi connectivity index (χ0n) is 17.3. The molecule has 1 aliphatic heterocycles. The lowest BCUT2D eigenvalue weighted by Crippen LogP contribution is -2.21. The average molecular weight is 430 g/mol. The van der Waals surface area contributed by atoms with Crippen molar-refractivity contribution in [1.29, 1.82) is 0 Å². The Hall–Kier alpha value is -2.80. The fourth-order valence-electron chi connectivity index (χ4n) is 4.42. The van der Waals surface area contributed by atoms with Gasteiger partial charge in [-0.1, -0.05) is 18.2 Å². The van der Waals surface area contributed by atoms with E-state index >= 15 is 0 Å². The van der Waals surface area contributed by atoms with Crippen LogP contribution in [-0.4, -0.2) is 30.7 Å². The number of benzene rings is 2. The Morgan fingerprint density at radius 1 is 1.23 bits per heavy atom. The first-order valence-electron chi connectivity index (χ1n) is 10.5. The Labute approximate surface area is 179 Å². The number of rotatable bonds is 2. The molecule has 0 spiro atoms. The predicted molar refractivity (Wildman–Crippen MR) is 115 cm³/mol. The number of nitrogens with one attached hydrogen (secondary N) is 1. The van der Waals surface area contributed by atoms with E-state index in [4.69, 9.17) is 0 Å². The maximum atomic E-state index is 13.2. The van der Waals surface area contributed by atoms with Gasteiger partial charge in [-0.05, 0) is 60.6 Å². The van der Waals surface area contributed by atoms with Crippen LogP contribution in [-0.2, 0) is 23.8 Å². The van der Waals surface area contributed by atoms with Crippen molar-refractivity contribution in [3.05, 3.63) is 64.7 Å². The molecule has 1 unspecified atom stereocenters. The first-order valence-corrected chi connectivity index (χ1v) is 10.5. The van der Waals surface area contributed by atoms with Gasteiger partial charge in [-0.2, -0.15) is 13.2 Å². The normalized spacial score (nSPS) is 20.1. The average Bonchev–Trinajstić information content (AvgIpc) is 2.86. The second-order valence-electron chi connectivity index (χ2n) is 8.25. The second kappa shape index (κ2) is 8.38. The van der Waals surface area contributed by atoms with Crippen molar-refractivity contribution in [3.8, 4) is 0 Å². The van der Waals surface area contributed by atoms with E-state index in [1.807, 2.05) is 18.2 Å². The summed E-state index contributed by atoms with van der Waals surface area (Å²) in [6.07, 6.45) is -0.0434. The first-order chi connectivity index (χ1) is 14.7. The van der Waals surface area contributed by atoms with Crippen molar-refractivity contribution in [1.82, 2.24) is 0 Å². The maximum absolute atomic E-state index is 13.2. The van der Waals surface area contributed by atoms with E-state index in [0.717, 1.165) is 41.7 Å². The van der Waals surface area contributed by atoms with Gasteiger partial charge in [-0.15, -0.1) is 0 Å². The molecule has 0 saturated heterocycles. The molecule has 1 aliphatic carbocycles. The number of nitrogens with zero attached hydrogens (tertiary/aromatic N) is 1. The molecule has 0 fully saturated rings. The summed E-state index contributed by atoms with van der Waals surface area (Å²) in [5.41, 5.74) is 3.89. The zero-order chi connectivity index (χ0) is 22.2. The summed E-state index contributed by atoms with van der Waals surface area (Å²) < 4.78 is 39.6. The first kappa shape index (κ1) is 21.4. The molecule has 164 valence electrons. The molecule has 2 aromatic rings. The standard InChI is InChI=1S/C24H25F3N2O2/c1-29-11-3-5-16(19-10-8-17(13-22(19)29)24(25,26)27)12-23(31)28-21-6-2-4-15-7-9-18(30)14-20(15)21/h2,4,6,8,10,12-13,18,30H,3,5,7,9,11,14H2,1H3,(H,28,31)/b16-12+. The van der Waals surface area contributed by atoms with Gasteiger partial charge in [0.1, 0.15) is 0 Å². The Morgan fingerprint density at radius 3 is 2.81 bits per heavy atom. The predicted octanol–water partition coefficient (Wildman–Crippen LogP) is 4.81. The molecule has 0 radical (unpaired) electrons. The largest absolute Gasteiger partial charge is 0.416 e. The quantitative estimate of drug-likeness (QED) is 0.673. The third-order valence-corrected chi connectivity index (χ3v) is 6.04. The van der Waals surface area contributed by atoms with Crippen LogP contribution in [0.1, 0.15) is 41.5 Å². The van der Waals surface area contributed by atoms with Crippen molar-refractivity contribution < 1.29 is 23.1 Å². The highest BCUT2D eigenvalue weighted by Gasteiger charge is 2.32. The maximum Gasteiger partial charge on any atom is 0.416 e. The van der Waals surface area contributed by atoms with E-state index in [-0.39, 0.29) is 5.91 Å². The minimum absolute atomic E-state index is 0.320. The van der Waals surface area contributed by atoms with Crippen molar-refractivity contribution in [2.75, 3.05) is 23.8 Å². The number of alkyl halides is 3. The summed E-state index contributed by atoms with van der Waals surface area (Å²) in [5.74, 6) is -0.320. The Kier molecular flexibility index (Phi) is 5.79. The van der Waals surface area contributed by atoms with Gasteiger partial charge in [0.2, 0.25) is 5.91 Å². The van der Waals surface area contributed by atoms with Gasteiger partial charge in [-0.3, -0.25) is 4.79 Å². The molecule has 0 saturated carbocycles. The van der Waals surface area contributed by atoms with E-state index in [9.17, 15) is 23.1 Å². The monoisotopic (exact) mass is 430 g/mol. The number of hydrogen-bond donors (Lipinski definition) is 2. The lowest BCUT2D eigenvalue weighted by molar-refractivity contribution is -0.137. The molecule has 31 heavy (non-hydrogen) atoms. The van der Waals surface area contributed by atoms with Gasteiger partial charge in [0.15, 0.2) is 0 Å². The van der Waals surface area contributed by atoms with Crippen molar-refractivity contribution in [2.45, 2.75) is 44.4 Å². The van der Waals surface area contributed by atoms with Crippen molar-refractivity contribution in [3.63, 3.8) is 0 Å². The smallest absolute Gasteiger partial charge is 0.393 e. The molecule has 1 heterocycles. The third kappa shape index (κ3) is 4.61. The zero-order valence-corrected chi connectivity index (χ0v) is 17.3. The van der Waals surface area contributed by atoms with Crippen LogP contribution in [0.4, 0.5) is 24.5 Å². The summed E-state index contributed by atoms with van der Waals surface area (Å²) >= 11 is 0. The summed E-state index contributed by atoms with van der Waals surface area (Å²) in [4.78, 5) is 14.6. The molecular weight excluding hydrogens is 405 g/mol. The van der Waals surface area contributed by atoms with Crippen LogP contribution in [0.15, 0.2) is 42.5 Å². The van der Waals surface area contributed by atoms with Crippen molar-refractivity contribution in [2.24, 2.45) is 0 Å². The van der Waals surface area contributed by atoms with Crippen molar-refractivity contribution >= 4 is 22.9 Å². The Morgan fingerprint density at radius 2 is 2.03 bits per heavy atom. The summed E-state index contributed by atoms with van der Waals surface area (Å²) in [6, 6.07) is 9.39. The number of carbonyl (C=O) groups is 1. The molecule has 4 nitrogen and oxygen atoms in total. The van der Waals surface area contributed by atoms with Crippen LogP contribution < -0.4 is 10.2 Å². The second-order valence-corrected chi connectivity index (χ2v) is 8.25. The number of fused-ring (bicyclic) bond motifs is 2. The summed E-state index contributed by atoms with van der Waals surface area (Å²) in [5, 5.41) is 12.9. The SMILES string of the molecule is CN1CCC/C(=C\C(=O)Nc2cccc3c2CC(O)CC3)c2ccc(C(F)(F)F)cc21. The summed E-state index contributed by atoms with van der Waals surface area (Å²) in [7, 11) is 1.77. The van der Waals surface area contributed by atoms with Gasteiger partial charge in [-0.25, -0.2) is 0 Å². The number of aliphatic hydroxyl groups excluding tert-OH is 1. The fraction of sp³-hybridized carbons (Fsp3) is 0.375. The number of hydrogen-bond acceptors (Lipinski definition) is 3. The number of aryl methyl sites for hydroxylation is 1. The van der Waals surface area contributed by atoms with Crippen LogP contribution in [0.5, 0.6) is 0 Å². The molecule has 0 aromatic heterocycles. The molecule has 2 aromatic carbocycles. The van der Waals surface area contributed by atoms with Gasteiger partial charge in [0.05, 0.1) is 11.7 Å². The number of halogens is 3. The molecule has 0 bridgehead atoms. The van der Waals surface area contributed by atoms with Crippen LogP contribution in [0.3, 0.4) is 0 Å². The highest BCUT2D eigenvalue weighted by molar-refractivity contribution is 6.05. The molecule has 7 heteroatoms. The molecule has 4 rings (SSSR count). The van der Waals surface area contributed by atoms with E-state index < -0.39 is 17.8 Å². The number of amides is 1. The topological polar surface area (TPSA) is 52.6 Å². The Bertz CT molecular complexity index is 1030. The molecular formula is C24H25F3N2O2. The fourth-order valence-corrected chi connectivity index (χ4v) is 4.42. The Balaban J connectivity index is 1.64. The van der Waals surface area contributed by atoms with Gasteiger partial charge < -0.3 is 15.3 Å². The number of allylic oxidation sites excluding steroid dienone is 1. The molecule has 2 N–H and O–H groups in total. The van der Waals surface area contributed by atoms with Crippen LogP contribution in [0.2, 0.25) is 0 Å². The van der Waals surface area contributed by atoms with Crippen LogP contribution in [0, 0.1) is 0 Å². The van der Waals surface area contributed by atoms with Crippen LogP contribution >= 0.6 is 0 Å². The highest BCUT2D eigenvalue weighted by atomic mass is 19.4. The third-order valence-electron chi connectivity index (χ3n) is 6.04. The number of aliphatic hydroxyl groups is 1. The minimum atomic E-state index is -4.42. The van der Waals surface area contributed by atoms with E-state index in [0.29, 0.717) is 42.7 Å². The van der Waals surface area contributed by atoms with Crippen LogP contribution in [0.25, 0.3) is 5.57 Å². The molecule has 1 amide bonds. The highest BCUT2D eigenvalue weighted by Crippen LogP contribution is 2.38. The summed E-state index contributed by atoms with van der Waals surface area (Å²) in [6.45, 7) is 0.608. The molecule has 1 atom stereocenters. The number of carbonyl (C=O) groups excluding carboxylic acids is 1. The number of anilines is 2. The van der Waals surface area contributed by atoms with E-state index in [2.05, 4.69) is 5.32 Å². The van der Waals surface area contributed by atoms with E-state index in [1.54, 1.807) is 11.9 Å². The minimum Gasteiger partial charge on any atom is -0.393 e. The van der Waals surface area contributed by atoms with Gasteiger partial charge in [0, 0.05) is 43.0 Å². The van der Waals surface area contributed by atoms with Gasteiger partial charge in [0.25, 0.3) is 0 Å². The molecule has 2 aliphatic rings. The lowest BCUT2D eigenvalue weighted by atomic mass is 9.88.